The van der Waals surface area contributed by atoms with Crippen LogP contribution in [0.3, 0.4) is 0 Å². The Hall–Kier alpha value is -1.38. The number of fused-ring (bicyclic) bond motifs is 1. The van der Waals surface area contributed by atoms with Crippen molar-refractivity contribution in [2.75, 3.05) is 0 Å². The second-order valence-electron chi connectivity index (χ2n) is 9.15. The van der Waals surface area contributed by atoms with E-state index in [0.717, 1.165) is 23.6 Å². The van der Waals surface area contributed by atoms with Crippen LogP contribution in [0, 0.1) is 19.8 Å². The van der Waals surface area contributed by atoms with Crippen molar-refractivity contribution >= 4 is 24.2 Å². The van der Waals surface area contributed by atoms with Crippen molar-refractivity contribution in [1.29, 1.82) is 0 Å². The quantitative estimate of drug-likeness (QED) is 0.416. The summed E-state index contributed by atoms with van der Waals surface area (Å²) in [4.78, 5) is 0. The Morgan fingerprint density at radius 2 is 1.69 bits per heavy atom. The number of nitrogens with one attached hydrogen (secondary N) is 1. The fourth-order valence-electron chi connectivity index (χ4n) is 5.55. The lowest BCUT2D eigenvalue weighted by Crippen LogP contribution is -2.43. The molecule has 1 nitrogen and oxygen atoms in total. The maximum absolute atomic E-state index is 6.20. The van der Waals surface area contributed by atoms with E-state index < -0.39 is 0 Å². The predicted octanol–water partition coefficient (Wildman–Crippen LogP) is 8.85. The summed E-state index contributed by atoms with van der Waals surface area (Å²) in [7, 11) is 0. The smallest absolute Gasteiger partial charge is 0.0572 e. The third-order valence-corrected chi connectivity index (χ3v) is 7.79. The van der Waals surface area contributed by atoms with Gasteiger partial charge in [-0.25, -0.2) is 0 Å². The summed E-state index contributed by atoms with van der Waals surface area (Å²) in [5.41, 5.74) is 6.63. The maximum atomic E-state index is 6.20. The topological polar surface area (TPSA) is 12.0 Å². The molecule has 1 N–H and O–H groups in total. The monoisotopic (exact) mass is 471 g/mol. The summed E-state index contributed by atoms with van der Waals surface area (Å²) < 4.78 is -0.154. The summed E-state index contributed by atoms with van der Waals surface area (Å²) >= 11 is 11.4. The fourth-order valence-corrected chi connectivity index (χ4v) is 6.25. The molecule has 1 saturated heterocycles. The van der Waals surface area contributed by atoms with Gasteiger partial charge in [0.15, 0.2) is 0 Å². The molecule has 176 valence electrons. The molecule has 3 heteroatoms. The zero-order valence-corrected chi connectivity index (χ0v) is 22.7. The highest BCUT2D eigenvalue weighted by atomic mass is 35.5. The van der Waals surface area contributed by atoms with Gasteiger partial charge < -0.3 is 5.32 Å². The third-order valence-electron chi connectivity index (χ3n) is 6.75. The van der Waals surface area contributed by atoms with Crippen LogP contribution in [-0.2, 0) is 0 Å². The lowest BCUT2D eigenvalue weighted by atomic mass is 9.60. The Balaban J connectivity index is 0.000000671. The second-order valence-corrected chi connectivity index (χ2v) is 10.4. The number of rotatable bonds is 2. The summed E-state index contributed by atoms with van der Waals surface area (Å²) in [6.07, 6.45) is 3.42. The van der Waals surface area contributed by atoms with Gasteiger partial charge in [-0.2, -0.15) is 12.6 Å². The molecular weight excluding hydrogens is 430 g/mol. The van der Waals surface area contributed by atoms with Crippen LogP contribution in [0.15, 0.2) is 54.7 Å². The molecule has 0 bridgehead atoms. The van der Waals surface area contributed by atoms with Gasteiger partial charge in [-0.05, 0) is 74.3 Å². The van der Waals surface area contributed by atoms with E-state index in [9.17, 15) is 0 Å². The fraction of sp³-hybridized carbons (Fsp3) is 0.517. The Bertz CT molecular complexity index is 891. The highest BCUT2D eigenvalue weighted by Crippen LogP contribution is 2.59. The molecule has 5 unspecified atom stereocenters. The largest absolute Gasteiger partial charge is 0.385 e. The summed E-state index contributed by atoms with van der Waals surface area (Å²) in [6, 6.07) is 15.7. The van der Waals surface area contributed by atoms with Crippen LogP contribution in [0.25, 0.3) is 0 Å². The van der Waals surface area contributed by atoms with Gasteiger partial charge >= 0.3 is 0 Å². The first-order valence-electron chi connectivity index (χ1n) is 12.2. The maximum Gasteiger partial charge on any atom is 0.0572 e. The van der Waals surface area contributed by atoms with Gasteiger partial charge in [0.2, 0.25) is 0 Å². The van der Waals surface area contributed by atoms with Crippen molar-refractivity contribution < 1.29 is 0 Å². The van der Waals surface area contributed by atoms with Gasteiger partial charge in [-0.3, -0.25) is 0 Å². The average molecular weight is 472 g/mol. The normalized spacial score (nSPS) is 28.5. The van der Waals surface area contributed by atoms with Crippen molar-refractivity contribution in [3.8, 4) is 0 Å². The molecule has 1 aliphatic carbocycles. The Labute approximate surface area is 207 Å². The van der Waals surface area contributed by atoms with Gasteiger partial charge in [0.1, 0.15) is 0 Å². The van der Waals surface area contributed by atoms with Gasteiger partial charge in [0, 0.05) is 22.7 Å². The molecule has 2 aliphatic rings. The Morgan fingerprint density at radius 3 is 2.25 bits per heavy atom. The van der Waals surface area contributed by atoms with E-state index in [4.69, 9.17) is 24.2 Å². The van der Waals surface area contributed by atoms with Crippen LogP contribution in [-0.4, -0.2) is 10.8 Å². The molecule has 1 saturated carbocycles. The number of halogens is 1. The van der Waals surface area contributed by atoms with Crippen LogP contribution < -0.4 is 5.32 Å². The van der Waals surface area contributed by atoms with Crippen molar-refractivity contribution in [2.45, 2.75) is 90.4 Å². The minimum absolute atomic E-state index is 0.154. The number of hydrogen-bond donors (Lipinski definition) is 2. The molecular formula is C29H42ClNS. The molecule has 0 amide bonds. The molecule has 1 heterocycles. The van der Waals surface area contributed by atoms with Crippen molar-refractivity contribution in [3.05, 3.63) is 82.0 Å². The first kappa shape index (κ1) is 26.9. The van der Waals surface area contributed by atoms with E-state index in [-0.39, 0.29) is 4.75 Å². The number of aryl methyl sites for hydroxylation is 2. The lowest BCUT2D eigenvalue weighted by molar-refractivity contribution is 0.236. The Morgan fingerprint density at radius 1 is 1.09 bits per heavy atom. The van der Waals surface area contributed by atoms with Gasteiger partial charge in [-0.15, -0.1) is 0 Å². The highest BCUT2D eigenvalue weighted by molar-refractivity contribution is 7.82. The molecule has 2 aromatic carbocycles. The van der Waals surface area contributed by atoms with E-state index in [0.29, 0.717) is 23.8 Å². The molecule has 5 atom stereocenters. The number of benzene rings is 2. The van der Waals surface area contributed by atoms with Crippen LogP contribution in [0.5, 0.6) is 0 Å². The molecule has 2 aromatic rings. The summed E-state index contributed by atoms with van der Waals surface area (Å²) in [6.45, 7) is 19.3. The van der Waals surface area contributed by atoms with E-state index in [1.54, 1.807) is 0 Å². The van der Waals surface area contributed by atoms with Crippen LogP contribution in [0.4, 0.5) is 0 Å². The zero-order valence-electron chi connectivity index (χ0n) is 21.0. The van der Waals surface area contributed by atoms with Crippen molar-refractivity contribution in [1.82, 2.24) is 5.32 Å². The molecule has 32 heavy (non-hydrogen) atoms. The zero-order chi connectivity index (χ0) is 24.1. The average Bonchev–Trinajstić information content (AvgIpc) is 2.99. The van der Waals surface area contributed by atoms with Crippen molar-refractivity contribution in [3.63, 3.8) is 0 Å². The molecule has 0 aromatic heterocycles. The van der Waals surface area contributed by atoms with E-state index in [2.05, 4.69) is 76.8 Å². The SMILES string of the molecule is C=C1NC(C)C2C(c3ccc(Cl)cc3)C(c3ccc(C)cc3C)CCC12S.CC.CCC. The van der Waals surface area contributed by atoms with E-state index >= 15 is 0 Å². The molecule has 1 aliphatic heterocycles. The molecule has 0 spiro atoms. The Kier molecular flexibility index (Phi) is 9.79. The van der Waals surface area contributed by atoms with Gasteiger partial charge in [0.25, 0.3) is 0 Å². The standard InChI is InChI=1S/C24H28ClNS.C3H8.C2H6/c1-14-5-10-20(15(2)13-14)21-11-12-24(27)17(4)26-16(3)23(24)22(21)18-6-8-19(25)9-7-18;1-3-2;1-2/h5-10,13,16,21-23,26-27H,4,11-12H2,1-3H3;3H2,1-2H3;1-2H3. The van der Waals surface area contributed by atoms with Crippen LogP contribution in [0.2, 0.25) is 5.02 Å². The first-order chi connectivity index (χ1) is 15.2. The summed E-state index contributed by atoms with van der Waals surface area (Å²) in [5, 5.41) is 4.40. The van der Waals surface area contributed by atoms with Crippen LogP contribution in [0.1, 0.15) is 88.0 Å². The van der Waals surface area contributed by atoms with E-state index in [1.807, 2.05) is 26.0 Å². The number of thiol groups is 1. The third kappa shape index (κ3) is 5.39. The van der Waals surface area contributed by atoms with Crippen molar-refractivity contribution in [2.24, 2.45) is 5.92 Å². The molecule has 0 radical (unpaired) electrons. The highest BCUT2D eigenvalue weighted by Gasteiger charge is 2.55. The lowest BCUT2D eigenvalue weighted by Gasteiger charge is -2.47. The van der Waals surface area contributed by atoms with Gasteiger partial charge in [-0.1, -0.05) is 88.2 Å². The first-order valence-corrected chi connectivity index (χ1v) is 13.1. The molecule has 2 fully saturated rings. The number of hydrogen-bond acceptors (Lipinski definition) is 2. The minimum atomic E-state index is -0.154. The second kappa shape index (κ2) is 11.7. The molecule has 4 rings (SSSR count). The van der Waals surface area contributed by atoms with Gasteiger partial charge in [0.05, 0.1) is 4.75 Å². The van der Waals surface area contributed by atoms with Crippen LogP contribution >= 0.6 is 24.2 Å². The predicted molar refractivity (Wildman–Crippen MR) is 146 cm³/mol. The summed E-state index contributed by atoms with van der Waals surface area (Å²) in [5.74, 6) is 1.26. The van der Waals surface area contributed by atoms with E-state index in [1.165, 1.54) is 28.7 Å². The minimum Gasteiger partial charge on any atom is -0.385 e.